The van der Waals surface area contributed by atoms with Crippen LogP contribution in [0.3, 0.4) is 0 Å². The van der Waals surface area contributed by atoms with E-state index in [1.165, 1.54) is 29.2 Å². The topological polar surface area (TPSA) is 96.0 Å². The molecule has 2 atom stereocenters. The smallest absolute Gasteiger partial charge is 0.264 e. The number of hydrogen-bond donors (Lipinski definition) is 1. The molecule has 0 fully saturated rings. The zero-order chi connectivity index (χ0) is 29.4. The third kappa shape index (κ3) is 7.76. The van der Waals surface area contributed by atoms with Gasteiger partial charge in [0, 0.05) is 17.6 Å². The van der Waals surface area contributed by atoms with Crippen molar-refractivity contribution in [1.82, 2.24) is 10.2 Å². The molecular weight excluding hydrogens is 550 g/mol. The maximum absolute atomic E-state index is 13.9. The van der Waals surface area contributed by atoms with E-state index in [-0.39, 0.29) is 23.4 Å². The lowest BCUT2D eigenvalue weighted by Crippen LogP contribution is -2.52. The molecule has 0 unspecified atom stereocenters. The van der Waals surface area contributed by atoms with E-state index >= 15 is 0 Å². The first kappa shape index (κ1) is 31.0. The number of ether oxygens (including phenoxy) is 1. The number of carbonyl (C=O) groups excluding carboxylic acids is 2. The molecule has 0 saturated heterocycles. The largest absolute Gasteiger partial charge is 0.497 e. The first-order valence-electron chi connectivity index (χ1n) is 13.0. The molecule has 3 aromatic carbocycles. The van der Waals surface area contributed by atoms with E-state index in [2.05, 4.69) is 5.32 Å². The Morgan fingerprint density at radius 3 is 2.10 bits per heavy atom. The van der Waals surface area contributed by atoms with Gasteiger partial charge < -0.3 is 15.0 Å². The van der Waals surface area contributed by atoms with Crippen molar-refractivity contribution in [2.75, 3.05) is 18.0 Å². The van der Waals surface area contributed by atoms with Crippen LogP contribution in [0.25, 0.3) is 0 Å². The average Bonchev–Trinajstić information content (AvgIpc) is 2.95. The fourth-order valence-electron chi connectivity index (χ4n) is 3.95. The Balaban J connectivity index is 2.01. The van der Waals surface area contributed by atoms with Crippen LogP contribution in [0.15, 0.2) is 77.7 Å². The zero-order valence-corrected chi connectivity index (χ0v) is 25.0. The fourth-order valence-corrected chi connectivity index (χ4v) is 5.49. The Hall–Kier alpha value is -3.56. The molecule has 0 saturated carbocycles. The van der Waals surface area contributed by atoms with Crippen LogP contribution in [0.5, 0.6) is 5.75 Å². The summed E-state index contributed by atoms with van der Waals surface area (Å²) in [6.45, 7) is 6.96. The van der Waals surface area contributed by atoms with Gasteiger partial charge in [-0.15, -0.1) is 0 Å². The summed E-state index contributed by atoms with van der Waals surface area (Å²) >= 11 is 5.99. The number of methoxy groups -OCH3 is 1. The number of hydrogen-bond acceptors (Lipinski definition) is 5. The summed E-state index contributed by atoms with van der Waals surface area (Å²) in [4.78, 5) is 28.5. The van der Waals surface area contributed by atoms with Crippen molar-refractivity contribution in [3.8, 4) is 5.75 Å². The van der Waals surface area contributed by atoms with E-state index in [1.807, 2.05) is 20.8 Å². The summed E-state index contributed by atoms with van der Waals surface area (Å²) in [6.07, 6.45) is 0.728. The minimum atomic E-state index is -4.15. The summed E-state index contributed by atoms with van der Waals surface area (Å²) in [5, 5.41) is 3.32. The van der Waals surface area contributed by atoms with Gasteiger partial charge in [0.25, 0.3) is 10.0 Å². The lowest BCUT2D eigenvalue weighted by molar-refractivity contribution is -0.139. The number of halogens is 1. The number of sulfonamides is 1. The minimum absolute atomic E-state index is 0.00505. The number of nitrogens with zero attached hydrogens (tertiary/aromatic N) is 2. The van der Waals surface area contributed by atoms with Gasteiger partial charge in [0.15, 0.2) is 0 Å². The number of amides is 2. The lowest BCUT2D eigenvalue weighted by Gasteiger charge is -2.32. The van der Waals surface area contributed by atoms with Gasteiger partial charge in [-0.3, -0.25) is 13.9 Å². The minimum Gasteiger partial charge on any atom is -0.497 e. The van der Waals surface area contributed by atoms with Crippen LogP contribution < -0.4 is 14.4 Å². The van der Waals surface area contributed by atoms with Crippen LogP contribution in [-0.4, -0.2) is 50.9 Å². The predicted molar refractivity (Wildman–Crippen MR) is 158 cm³/mol. The molecule has 8 nitrogen and oxygen atoms in total. The molecule has 1 N–H and O–H groups in total. The molecule has 10 heteroatoms. The number of aryl methyl sites for hydroxylation is 1. The second kappa shape index (κ2) is 13.7. The molecular formula is C30H36ClN3O5S. The van der Waals surface area contributed by atoms with E-state index in [9.17, 15) is 18.0 Å². The summed E-state index contributed by atoms with van der Waals surface area (Å²) in [5.41, 5.74) is 2.03. The van der Waals surface area contributed by atoms with Crippen LogP contribution in [0, 0.1) is 6.92 Å². The van der Waals surface area contributed by atoms with Crippen molar-refractivity contribution in [2.45, 2.75) is 57.6 Å². The highest BCUT2D eigenvalue weighted by atomic mass is 35.5. The highest BCUT2D eigenvalue weighted by molar-refractivity contribution is 7.92. The van der Waals surface area contributed by atoms with Gasteiger partial charge in [0.05, 0.1) is 17.7 Å². The van der Waals surface area contributed by atoms with Crippen LogP contribution >= 0.6 is 11.6 Å². The van der Waals surface area contributed by atoms with Gasteiger partial charge >= 0.3 is 0 Å². The summed E-state index contributed by atoms with van der Waals surface area (Å²) in [6, 6.07) is 18.9. The molecule has 0 aliphatic heterocycles. The van der Waals surface area contributed by atoms with Gasteiger partial charge in [-0.05, 0) is 81.3 Å². The van der Waals surface area contributed by atoms with Crippen LogP contribution in [0.1, 0.15) is 38.3 Å². The van der Waals surface area contributed by atoms with Crippen molar-refractivity contribution in [3.05, 3.63) is 88.9 Å². The fraction of sp³-hybridized carbons (Fsp3) is 0.333. The van der Waals surface area contributed by atoms with Crippen molar-refractivity contribution in [3.63, 3.8) is 0 Å². The molecule has 40 heavy (non-hydrogen) atoms. The first-order valence-corrected chi connectivity index (χ1v) is 14.9. The number of carbonyl (C=O) groups is 2. The zero-order valence-electron chi connectivity index (χ0n) is 23.4. The van der Waals surface area contributed by atoms with E-state index < -0.39 is 28.5 Å². The van der Waals surface area contributed by atoms with Gasteiger partial charge in [-0.1, -0.05) is 48.4 Å². The van der Waals surface area contributed by atoms with E-state index in [4.69, 9.17) is 16.3 Å². The van der Waals surface area contributed by atoms with Gasteiger partial charge in [0.2, 0.25) is 11.8 Å². The van der Waals surface area contributed by atoms with Gasteiger partial charge in [-0.25, -0.2) is 8.42 Å². The van der Waals surface area contributed by atoms with Crippen LogP contribution in [0.2, 0.25) is 5.02 Å². The summed E-state index contributed by atoms with van der Waals surface area (Å²) < 4.78 is 33.9. The molecule has 0 aliphatic carbocycles. The quantitative estimate of drug-likeness (QED) is 0.316. The van der Waals surface area contributed by atoms with E-state index in [1.54, 1.807) is 62.6 Å². The van der Waals surface area contributed by atoms with Crippen molar-refractivity contribution < 1.29 is 22.7 Å². The monoisotopic (exact) mass is 585 g/mol. The number of nitrogens with one attached hydrogen (secondary N) is 1. The van der Waals surface area contributed by atoms with E-state index in [0.29, 0.717) is 16.5 Å². The molecule has 3 rings (SSSR count). The lowest BCUT2D eigenvalue weighted by atomic mass is 10.1. The molecule has 0 aromatic heterocycles. The standard InChI is InChI=1S/C30H36ClN3O5S/c1-6-22(3)32-30(36)23(4)33(19-24-9-15-27(39-5)16-10-24)29(35)20-34(26-13-7-21(2)8-14-26)40(37,38)28-17-11-25(31)12-18-28/h7-18,22-23H,6,19-20H2,1-5H3,(H,32,36)/t22-,23-/m0/s1. The Morgan fingerprint density at radius 2 is 1.55 bits per heavy atom. The van der Waals surface area contributed by atoms with Crippen LogP contribution in [0.4, 0.5) is 5.69 Å². The molecule has 0 heterocycles. The van der Waals surface area contributed by atoms with Gasteiger partial charge in [-0.2, -0.15) is 0 Å². The average molecular weight is 586 g/mol. The molecule has 0 bridgehead atoms. The number of benzene rings is 3. The first-order chi connectivity index (χ1) is 19.0. The number of anilines is 1. The van der Waals surface area contributed by atoms with Crippen molar-refractivity contribution >= 4 is 39.1 Å². The van der Waals surface area contributed by atoms with Crippen molar-refractivity contribution in [2.24, 2.45) is 0 Å². The Labute approximate surface area is 241 Å². The predicted octanol–water partition coefficient (Wildman–Crippen LogP) is 5.18. The molecule has 3 aromatic rings. The molecule has 0 radical (unpaired) electrons. The molecule has 0 aliphatic rings. The third-order valence-electron chi connectivity index (χ3n) is 6.68. The second-order valence-corrected chi connectivity index (χ2v) is 12.0. The summed E-state index contributed by atoms with van der Waals surface area (Å²) in [7, 11) is -2.59. The van der Waals surface area contributed by atoms with Crippen molar-refractivity contribution in [1.29, 1.82) is 0 Å². The van der Waals surface area contributed by atoms with Crippen LogP contribution in [-0.2, 0) is 26.2 Å². The second-order valence-electron chi connectivity index (χ2n) is 9.66. The Bertz CT molecular complexity index is 1390. The summed E-state index contributed by atoms with van der Waals surface area (Å²) in [5.74, 6) is -0.191. The van der Waals surface area contributed by atoms with Gasteiger partial charge in [0.1, 0.15) is 18.3 Å². The SMILES string of the molecule is CC[C@H](C)NC(=O)[C@H](C)N(Cc1ccc(OC)cc1)C(=O)CN(c1ccc(C)cc1)S(=O)(=O)c1ccc(Cl)cc1. The molecule has 0 spiro atoms. The number of rotatable bonds is 12. The maximum atomic E-state index is 13.9. The van der Waals surface area contributed by atoms with E-state index in [0.717, 1.165) is 21.9 Å². The molecule has 214 valence electrons. The highest BCUT2D eigenvalue weighted by Crippen LogP contribution is 2.26. The Morgan fingerprint density at radius 1 is 0.950 bits per heavy atom. The third-order valence-corrected chi connectivity index (χ3v) is 8.72. The molecule has 2 amide bonds. The highest BCUT2D eigenvalue weighted by Gasteiger charge is 2.32. The Kier molecular flexibility index (Phi) is 10.6. The normalized spacial score (nSPS) is 12.8. The maximum Gasteiger partial charge on any atom is 0.264 e.